The number of carbonyl (C=O) groups excluding carboxylic acids is 2. The van der Waals surface area contributed by atoms with Crippen LogP contribution >= 0.6 is 0 Å². The second-order valence-corrected chi connectivity index (χ2v) is 6.42. The van der Waals surface area contributed by atoms with E-state index in [9.17, 15) is 9.59 Å². The average molecular weight is 305 g/mol. The lowest BCUT2D eigenvalue weighted by Crippen LogP contribution is -2.32. The summed E-state index contributed by atoms with van der Waals surface area (Å²) in [6, 6.07) is 0. The lowest BCUT2D eigenvalue weighted by Gasteiger charge is -2.31. The van der Waals surface area contributed by atoms with Crippen LogP contribution in [-0.2, 0) is 17.2 Å². The summed E-state index contributed by atoms with van der Waals surface area (Å²) in [5.41, 5.74) is 1.78. The Labute approximate surface area is 130 Å². The Balaban J connectivity index is 2.63. The van der Waals surface area contributed by atoms with Gasteiger partial charge >= 0.3 is 5.97 Å². The molecule has 0 atom stereocenters. The second kappa shape index (κ2) is 5.59. The van der Waals surface area contributed by atoms with E-state index < -0.39 is 5.97 Å². The average Bonchev–Trinajstić information content (AvgIpc) is 2.74. The maximum Gasteiger partial charge on any atom is 0.359 e. The number of carbonyl (C=O) groups is 2. The maximum absolute atomic E-state index is 12.7. The summed E-state index contributed by atoms with van der Waals surface area (Å²) < 4.78 is 6.57. The molecule has 0 unspecified atom stereocenters. The minimum atomic E-state index is -0.472. The quantitative estimate of drug-likeness (QED) is 0.630. The van der Waals surface area contributed by atoms with Gasteiger partial charge in [-0.1, -0.05) is 13.8 Å². The number of allylic oxidation sites excluding steroid dienone is 1. The molecule has 1 aliphatic rings. The highest BCUT2D eigenvalue weighted by atomic mass is 16.5. The minimum Gasteiger partial charge on any atom is -0.461 e. The number of nitrogens with zero attached hydrogens (tertiary/aromatic N) is 3. The van der Waals surface area contributed by atoms with Crippen molar-refractivity contribution in [3.05, 3.63) is 28.7 Å². The Kier molecular flexibility index (Phi) is 4.13. The van der Waals surface area contributed by atoms with Crippen molar-refractivity contribution in [1.82, 2.24) is 14.7 Å². The van der Waals surface area contributed by atoms with Gasteiger partial charge in [0, 0.05) is 38.5 Å². The van der Waals surface area contributed by atoms with Crippen LogP contribution < -0.4 is 0 Å². The van der Waals surface area contributed by atoms with E-state index in [1.54, 1.807) is 14.0 Å². The third kappa shape index (κ3) is 2.65. The molecule has 0 aliphatic heterocycles. The van der Waals surface area contributed by atoms with Gasteiger partial charge in [0.15, 0.2) is 5.69 Å². The Bertz CT molecular complexity index is 654. The Hall–Kier alpha value is -2.11. The Morgan fingerprint density at radius 1 is 1.45 bits per heavy atom. The van der Waals surface area contributed by atoms with Crippen LogP contribution in [0.4, 0.5) is 0 Å². The first-order chi connectivity index (χ1) is 10.2. The molecule has 0 bridgehead atoms. The minimum absolute atomic E-state index is 0.0754. The molecule has 120 valence electrons. The van der Waals surface area contributed by atoms with Gasteiger partial charge in [-0.25, -0.2) is 4.79 Å². The monoisotopic (exact) mass is 305 g/mol. The molecule has 1 aliphatic carbocycles. The van der Waals surface area contributed by atoms with E-state index in [-0.39, 0.29) is 23.5 Å². The third-order valence-corrected chi connectivity index (χ3v) is 3.75. The van der Waals surface area contributed by atoms with Crippen molar-refractivity contribution in [3.8, 4) is 0 Å². The Morgan fingerprint density at radius 3 is 2.64 bits per heavy atom. The molecule has 6 nitrogen and oxygen atoms in total. The number of hydrogen-bond acceptors (Lipinski definition) is 5. The molecule has 1 aromatic heterocycles. The van der Waals surface area contributed by atoms with Crippen molar-refractivity contribution in [3.63, 3.8) is 0 Å². The zero-order chi connectivity index (χ0) is 16.7. The van der Waals surface area contributed by atoms with Gasteiger partial charge in [-0.15, -0.1) is 0 Å². The van der Waals surface area contributed by atoms with Crippen molar-refractivity contribution in [1.29, 1.82) is 0 Å². The van der Waals surface area contributed by atoms with Crippen molar-refractivity contribution in [2.45, 2.75) is 32.6 Å². The molecule has 1 aromatic rings. The lowest BCUT2D eigenvalue weighted by molar-refractivity contribution is 0.0515. The van der Waals surface area contributed by atoms with Gasteiger partial charge < -0.3 is 9.64 Å². The summed E-state index contributed by atoms with van der Waals surface area (Å²) in [6.07, 6.45) is 2.40. The summed E-state index contributed by atoms with van der Waals surface area (Å²) in [5, 5.41) is 4.25. The molecular formula is C16H23N3O3. The molecule has 6 heteroatoms. The van der Waals surface area contributed by atoms with E-state index in [0.717, 1.165) is 5.57 Å². The zero-order valence-electron chi connectivity index (χ0n) is 14.1. The number of aromatic nitrogens is 2. The van der Waals surface area contributed by atoms with Crippen LogP contribution in [0.15, 0.2) is 11.8 Å². The van der Waals surface area contributed by atoms with Crippen LogP contribution in [0.3, 0.4) is 0 Å². The Morgan fingerprint density at radius 2 is 2.09 bits per heavy atom. The normalized spacial score (nSPS) is 18.3. The van der Waals surface area contributed by atoms with Crippen LogP contribution in [0.1, 0.15) is 53.7 Å². The van der Waals surface area contributed by atoms with Gasteiger partial charge in [0.2, 0.25) is 5.78 Å². The maximum atomic E-state index is 12.7. The molecule has 1 heterocycles. The molecule has 2 rings (SSSR count). The summed E-state index contributed by atoms with van der Waals surface area (Å²) in [7, 11) is 5.46. The van der Waals surface area contributed by atoms with Crippen molar-refractivity contribution in [2.75, 3.05) is 20.7 Å². The molecule has 0 fully saturated rings. The molecule has 0 aromatic carbocycles. The summed E-state index contributed by atoms with van der Waals surface area (Å²) in [5.74, 6) is -0.547. The number of hydrogen-bond donors (Lipinski definition) is 0. The number of rotatable bonds is 3. The van der Waals surface area contributed by atoms with E-state index in [2.05, 4.69) is 5.10 Å². The van der Waals surface area contributed by atoms with Crippen LogP contribution in [0.25, 0.3) is 0 Å². The molecule has 0 N–H and O–H groups in total. The van der Waals surface area contributed by atoms with Gasteiger partial charge in [0.05, 0.1) is 6.61 Å². The van der Waals surface area contributed by atoms with Crippen LogP contribution in [0, 0.1) is 0 Å². The van der Waals surface area contributed by atoms with E-state index in [4.69, 9.17) is 4.74 Å². The first-order valence-corrected chi connectivity index (χ1v) is 7.35. The van der Waals surface area contributed by atoms with Crippen LogP contribution in [0.5, 0.6) is 0 Å². The molecule has 0 radical (unpaired) electrons. The number of Topliss-reactive ketones (excluding diaryl/α,β-unsaturated/α-hetero) is 1. The fraction of sp³-hybridized carbons (Fsp3) is 0.562. The van der Waals surface area contributed by atoms with Crippen molar-refractivity contribution in [2.24, 2.45) is 7.05 Å². The van der Waals surface area contributed by atoms with Crippen LogP contribution in [-0.4, -0.2) is 47.1 Å². The van der Waals surface area contributed by atoms with E-state index in [1.165, 1.54) is 4.68 Å². The topological polar surface area (TPSA) is 64.4 Å². The highest BCUT2D eigenvalue weighted by molar-refractivity contribution is 6.11. The summed E-state index contributed by atoms with van der Waals surface area (Å²) >= 11 is 0. The van der Waals surface area contributed by atoms with Crippen molar-refractivity contribution < 1.29 is 14.3 Å². The second-order valence-electron chi connectivity index (χ2n) is 6.42. The molecular weight excluding hydrogens is 282 g/mol. The summed E-state index contributed by atoms with van der Waals surface area (Å²) in [6.45, 7) is 6.07. The molecule has 0 saturated heterocycles. The highest BCUT2D eigenvalue weighted by Gasteiger charge is 2.42. The molecule has 0 saturated carbocycles. The van der Waals surface area contributed by atoms with Gasteiger partial charge in [-0.05, 0) is 18.8 Å². The number of fused-ring (bicyclic) bond motifs is 1. The van der Waals surface area contributed by atoms with Gasteiger partial charge in [0.1, 0.15) is 5.69 Å². The first kappa shape index (κ1) is 16.3. The van der Waals surface area contributed by atoms with E-state index in [1.807, 2.05) is 39.0 Å². The number of aryl methyl sites for hydroxylation is 1. The standard InChI is InChI=1S/C16H23N3O3/c1-7-22-15(21)12-11-13(19(6)17-12)14(20)10(9-18(4)5)8-16(11,2)3/h9H,7-8H2,1-6H3/b10-9-. The predicted octanol–water partition coefficient (Wildman–Crippen LogP) is 1.91. The number of ether oxygens (including phenoxy) is 1. The van der Waals surface area contributed by atoms with Gasteiger partial charge in [-0.3, -0.25) is 9.48 Å². The fourth-order valence-corrected chi connectivity index (χ4v) is 2.98. The largest absolute Gasteiger partial charge is 0.461 e. The SMILES string of the molecule is CCOC(=O)c1nn(C)c2c1C(C)(C)C/C(=C/N(C)C)C2=O. The van der Waals surface area contributed by atoms with Gasteiger partial charge in [-0.2, -0.15) is 5.10 Å². The van der Waals surface area contributed by atoms with E-state index >= 15 is 0 Å². The van der Waals surface area contributed by atoms with Crippen LogP contribution in [0.2, 0.25) is 0 Å². The lowest BCUT2D eigenvalue weighted by atomic mass is 9.71. The van der Waals surface area contributed by atoms with Gasteiger partial charge in [0.25, 0.3) is 0 Å². The van der Waals surface area contributed by atoms with Crippen molar-refractivity contribution >= 4 is 11.8 Å². The summed E-state index contributed by atoms with van der Waals surface area (Å²) in [4.78, 5) is 26.8. The fourth-order valence-electron chi connectivity index (χ4n) is 2.98. The predicted molar refractivity (Wildman–Crippen MR) is 82.9 cm³/mol. The van der Waals surface area contributed by atoms with E-state index in [0.29, 0.717) is 17.7 Å². The first-order valence-electron chi connectivity index (χ1n) is 7.35. The zero-order valence-corrected chi connectivity index (χ0v) is 14.1. The molecule has 0 spiro atoms. The number of esters is 1. The smallest absolute Gasteiger partial charge is 0.359 e. The highest BCUT2D eigenvalue weighted by Crippen LogP contribution is 2.41. The number of ketones is 1. The molecule has 22 heavy (non-hydrogen) atoms. The molecule has 0 amide bonds. The third-order valence-electron chi connectivity index (χ3n) is 3.75.